The van der Waals surface area contributed by atoms with Gasteiger partial charge in [0.2, 0.25) is 0 Å². The first kappa shape index (κ1) is 119. The molecule has 0 radical (unpaired) electrons. The second-order valence-electron chi connectivity index (χ2n) is 32.7. The molecule has 7 aliphatic heterocycles. The number of carbonyl (C=O) groups is 22. The number of ether oxygens (including phenoxy) is 35. The molecule has 0 aromatic carbocycles. The van der Waals surface area contributed by atoms with Gasteiger partial charge in [0.1, 0.15) is 131 Å². The standard InChI is InChI=1S/C86H116O57S/c1-30(87)109-23-52-59(116-37(8)94)66(117-38(9)95)73(124-45(16)102)80(131-52)138-60-53(24-110-31(2)88)132-81(74(125-46(17)103)67(60)118-39(10)96)139-61-54(25-111-32(3)89)133-82(75(126-47(18)104)68(61)119-40(11)97)140-62-55(26-112-33(4)90)134-83(76(127-48(19)105)69(62)120-41(12)98)141-63-56(27-113-34(5)91)135-84(77(128-49(20)106)70(63)121-42(13)99)142-64-57(28-114-35(6)92)136-85(78(129-50(21)107)71(64)122-43(14)100)143-65-58(29-115-36(7)93)137-86(144)79(130-51(22)108)72(65)123-44(15)101/h52-86,144H,23-29H2,1-22H3/t52-,53-,54-,55-,56-,57-,58-,59-,60-,61-,62-,63-,64-,65-,66+,67+,68+,69+,70+,71+,72+,73-,74-,75-,76-,77-,78-,79-,80+,81+,82+,83+,84+,85+,86+/m1/s1. The van der Waals surface area contributed by atoms with Crippen LogP contribution in [0.4, 0.5) is 0 Å². The molecule has 0 aliphatic carbocycles. The Bertz CT molecular complexity index is 4530. The predicted octanol–water partition coefficient (Wildman–Crippen LogP) is -2.78. The molecule has 0 unspecified atom stereocenters. The van der Waals surface area contributed by atoms with Crippen molar-refractivity contribution < 1.29 is 271 Å². The number of esters is 22. The lowest BCUT2D eigenvalue weighted by Crippen LogP contribution is -2.70. The molecular formula is C86H116O57S. The van der Waals surface area contributed by atoms with Gasteiger partial charge in [0.25, 0.3) is 0 Å². The van der Waals surface area contributed by atoms with Crippen molar-refractivity contribution in [3.8, 4) is 0 Å². The Morgan fingerprint density at radius 1 is 0.146 bits per heavy atom. The number of carbonyl (C=O) groups excluding carboxylic acids is 22. The van der Waals surface area contributed by atoms with Crippen LogP contribution in [0, 0.1) is 0 Å². The molecule has 808 valence electrons. The Morgan fingerprint density at radius 2 is 0.257 bits per heavy atom. The van der Waals surface area contributed by atoms with Crippen LogP contribution >= 0.6 is 12.6 Å². The van der Waals surface area contributed by atoms with Crippen LogP contribution in [0.1, 0.15) is 152 Å². The zero-order valence-electron chi connectivity index (χ0n) is 81.9. The fourth-order valence-corrected chi connectivity index (χ4v) is 16.3. The Labute approximate surface area is 824 Å². The summed E-state index contributed by atoms with van der Waals surface area (Å²) in [7, 11) is 0. The van der Waals surface area contributed by atoms with Crippen LogP contribution in [0.5, 0.6) is 0 Å². The highest BCUT2D eigenvalue weighted by molar-refractivity contribution is 7.80. The van der Waals surface area contributed by atoms with Gasteiger partial charge in [0.15, 0.2) is 129 Å². The van der Waals surface area contributed by atoms with Crippen molar-refractivity contribution in [1.82, 2.24) is 0 Å². The van der Waals surface area contributed by atoms with Gasteiger partial charge in [0.05, 0.1) is 0 Å². The molecule has 0 bridgehead atoms. The summed E-state index contributed by atoms with van der Waals surface area (Å²) >= 11 is 4.40. The zero-order chi connectivity index (χ0) is 108. The summed E-state index contributed by atoms with van der Waals surface area (Å²) in [5.41, 5.74) is -1.49. The second-order valence-corrected chi connectivity index (χ2v) is 33.2. The van der Waals surface area contributed by atoms with E-state index in [1.165, 1.54) is 0 Å². The molecular weight excluding hydrogens is 1980 g/mol. The summed E-state index contributed by atoms with van der Waals surface area (Å²) in [5, 5.41) is 0. The van der Waals surface area contributed by atoms with E-state index in [2.05, 4.69) is 12.6 Å². The maximum Gasteiger partial charge on any atom is 0.303 e. The summed E-state index contributed by atoms with van der Waals surface area (Å²) in [6.07, 6.45) is -73.6. The smallest absolute Gasteiger partial charge is 0.303 e. The first-order valence-corrected chi connectivity index (χ1v) is 44.6. The Morgan fingerprint density at radius 3 is 0.403 bits per heavy atom. The lowest BCUT2D eigenvalue weighted by molar-refractivity contribution is -0.397. The van der Waals surface area contributed by atoms with E-state index in [1.54, 1.807) is 0 Å². The van der Waals surface area contributed by atoms with Crippen molar-refractivity contribution in [1.29, 1.82) is 0 Å². The van der Waals surface area contributed by atoms with Gasteiger partial charge >= 0.3 is 131 Å². The molecule has 0 aromatic rings. The molecule has 0 N–H and O–H groups in total. The molecule has 57 nitrogen and oxygen atoms in total. The number of thiol groups is 1. The van der Waals surface area contributed by atoms with Crippen LogP contribution in [0.3, 0.4) is 0 Å². The van der Waals surface area contributed by atoms with Gasteiger partial charge in [0, 0.05) is 152 Å². The van der Waals surface area contributed by atoms with Crippen molar-refractivity contribution in [3.63, 3.8) is 0 Å². The average molecular weight is 2090 g/mol. The monoisotopic (exact) mass is 2090 g/mol. The van der Waals surface area contributed by atoms with Crippen molar-refractivity contribution in [3.05, 3.63) is 0 Å². The Kier molecular flexibility index (Phi) is 45.4. The highest BCUT2D eigenvalue weighted by Crippen LogP contribution is 2.45. The molecule has 7 heterocycles. The van der Waals surface area contributed by atoms with Gasteiger partial charge in [-0.15, -0.1) is 12.6 Å². The zero-order valence-corrected chi connectivity index (χ0v) is 82.8. The predicted molar refractivity (Wildman–Crippen MR) is 449 cm³/mol. The quantitative estimate of drug-likeness (QED) is 0.0367. The Balaban J connectivity index is 1.39. The average Bonchev–Trinajstić information content (AvgIpc) is 0.753. The first-order chi connectivity index (χ1) is 67.4. The van der Waals surface area contributed by atoms with Crippen molar-refractivity contribution in [2.75, 3.05) is 46.2 Å². The molecule has 58 heteroatoms. The molecule has 35 atom stereocenters. The molecule has 7 fully saturated rings. The summed E-state index contributed by atoms with van der Waals surface area (Å²) < 4.78 is 209. The van der Waals surface area contributed by atoms with Gasteiger partial charge in [-0.25, -0.2) is 0 Å². The lowest BCUT2D eigenvalue weighted by atomic mass is 9.94. The third-order valence-corrected chi connectivity index (χ3v) is 21.0. The molecule has 144 heavy (non-hydrogen) atoms. The maximum atomic E-state index is 14.0. The van der Waals surface area contributed by atoms with Crippen molar-refractivity contribution in [2.45, 2.75) is 366 Å². The van der Waals surface area contributed by atoms with Gasteiger partial charge in [-0.3, -0.25) is 105 Å². The van der Waals surface area contributed by atoms with E-state index in [0.29, 0.717) is 0 Å². The fraction of sp³-hybridized carbons (Fsp3) is 0.744. The maximum absolute atomic E-state index is 14.0. The largest absolute Gasteiger partial charge is 0.463 e. The normalized spacial score (nSPS) is 33.3. The lowest BCUT2D eigenvalue weighted by Gasteiger charge is -2.52. The van der Waals surface area contributed by atoms with E-state index < -0.39 is 392 Å². The third-order valence-electron chi connectivity index (χ3n) is 20.6. The summed E-state index contributed by atoms with van der Waals surface area (Å²) in [4.78, 5) is 293. The summed E-state index contributed by atoms with van der Waals surface area (Å²) in [6.45, 7) is 12.1. The van der Waals surface area contributed by atoms with E-state index in [1.807, 2.05) is 0 Å². The van der Waals surface area contributed by atoms with Gasteiger partial charge in [-0.2, -0.15) is 0 Å². The number of hydrogen-bond donors (Lipinski definition) is 1. The molecule has 0 aromatic heterocycles. The first-order valence-electron chi connectivity index (χ1n) is 44.1. The molecule has 7 aliphatic rings. The van der Waals surface area contributed by atoms with Crippen LogP contribution in [-0.4, -0.2) is 392 Å². The minimum absolute atomic E-state index is 0.751. The molecule has 7 saturated heterocycles. The van der Waals surface area contributed by atoms with Gasteiger partial charge in [-0.05, 0) is 0 Å². The van der Waals surface area contributed by atoms with E-state index in [0.717, 1.165) is 152 Å². The molecule has 0 amide bonds. The fourth-order valence-electron chi connectivity index (χ4n) is 15.9. The van der Waals surface area contributed by atoms with E-state index in [-0.39, 0.29) is 0 Å². The second kappa shape index (κ2) is 54.9. The van der Waals surface area contributed by atoms with Crippen LogP contribution in [0.25, 0.3) is 0 Å². The minimum atomic E-state index is -2.49. The number of hydrogen-bond acceptors (Lipinski definition) is 58. The van der Waals surface area contributed by atoms with Gasteiger partial charge < -0.3 is 166 Å². The van der Waals surface area contributed by atoms with Crippen molar-refractivity contribution >= 4 is 144 Å². The van der Waals surface area contributed by atoms with E-state index in [9.17, 15) is 105 Å². The molecule has 0 saturated carbocycles. The Hall–Kier alpha value is -11.8. The molecule has 0 spiro atoms. The third kappa shape index (κ3) is 35.6. The van der Waals surface area contributed by atoms with E-state index >= 15 is 0 Å². The summed E-state index contributed by atoms with van der Waals surface area (Å²) in [5.74, 6) is -25.5. The van der Waals surface area contributed by atoms with Crippen LogP contribution < -0.4 is 0 Å². The highest BCUT2D eigenvalue weighted by atomic mass is 32.1. The van der Waals surface area contributed by atoms with Crippen LogP contribution in [0.15, 0.2) is 0 Å². The number of rotatable bonds is 41. The van der Waals surface area contributed by atoms with Crippen LogP contribution in [-0.2, 0) is 271 Å². The van der Waals surface area contributed by atoms with E-state index in [4.69, 9.17) is 166 Å². The van der Waals surface area contributed by atoms with Gasteiger partial charge in [-0.1, -0.05) is 0 Å². The highest BCUT2D eigenvalue weighted by Gasteiger charge is 2.66. The minimum Gasteiger partial charge on any atom is -0.463 e. The summed E-state index contributed by atoms with van der Waals surface area (Å²) in [6, 6.07) is 0. The van der Waals surface area contributed by atoms with Crippen molar-refractivity contribution in [2.24, 2.45) is 0 Å². The molecule has 7 rings (SSSR count). The topological polar surface area (TPSA) is 699 Å². The van der Waals surface area contributed by atoms with Crippen LogP contribution in [0.2, 0.25) is 0 Å². The SMILES string of the molecule is CC(=O)OC[C@H]1O[C@@H](S)[C@H](OC(C)=O)[C@@H](OC(C)=O)[C@@H]1O[C@@H]1O[C@H](COC(C)=O)[C@@H](O[C@@H]2O[C@H](COC(C)=O)[C@@H](O[C@@H]3O[C@H](COC(C)=O)[C@@H](O[C@@H]4O[C@H](COC(C)=O)[C@@H](O[C@@H]5O[C@H](COC(C)=O)[C@@H](O[C@@H]6O[C@H](COC(C)=O)[C@@H](OC(C)=O)[C@H](OC(C)=O)[C@H]6OC(C)=O)[C@H](OC(C)=O)[C@H]5OC(C)=O)[C@H](OC(C)=O)[C@H]4OC(C)=O)[C@H](OC(C)=O)[C@H]3OC(C)=O)[C@H](OC(C)=O)[C@H]2OC(C)=O)[C@H](OC(C)=O)[C@H]1OC(C)=O.